The number of guanidine groups is 1. The third-order valence-corrected chi connectivity index (χ3v) is 3.16. The first-order valence-electron chi connectivity index (χ1n) is 7.34. The molecule has 0 spiro atoms. The second-order valence-corrected chi connectivity index (χ2v) is 4.96. The fourth-order valence-corrected chi connectivity index (χ4v) is 1.65. The summed E-state index contributed by atoms with van der Waals surface area (Å²) < 4.78 is 5.01. The van der Waals surface area contributed by atoms with E-state index in [1.54, 1.807) is 19.2 Å². The Morgan fingerprint density at radius 1 is 1.41 bits per heavy atom. The number of benzene rings is 1. The molecule has 7 heteroatoms. The number of nitro groups is 1. The van der Waals surface area contributed by atoms with Gasteiger partial charge in [0.05, 0.1) is 18.1 Å². The van der Waals surface area contributed by atoms with Crippen LogP contribution in [0.15, 0.2) is 29.3 Å². The Kier molecular flexibility index (Phi) is 7.91. The summed E-state index contributed by atoms with van der Waals surface area (Å²) in [5, 5.41) is 17.1. The zero-order valence-electron chi connectivity index (χ0n) is 13.3. The predicted octanol–water partition coefficient (Wildman–Crippen LogP) is 2.07. The van der Waals surface area contributed by atoms with Gasteiger partial charge >= 0.3 is 0 Å². The molecule has 1 aromatic carbocycles. The van der Waals surface area contributed by atoms with E-state index in [2.05, 4.69) is 29.5 Å². The van der Waals surface area contributed by atoms with Crippen LogP contribution in [0.5, 0.6) is 0 Å². The number of methoxy groups -OCH3 is 1. The topological polar surface area (TPSA) is 88.8 Å². The number of non-ortho nitro benzene ring substituents is 1. The minimum Gasteiger partial charge on any atom is -0.383 e. The van der Waals surface area contributed by atoms with Gasteiger partial charge in [-0.15, -0.1) is 0 Å². The lowest BCUT2D eigenvalue weighted by molar-refractivity contribution is -0.384. The van der Waals surface area contributed by atoms with Crippen LogP contribution in [0, 0.1) is 10.1 Å². The van der Waals surface area contributed by atoms with Crippen LogP contribution in [0.1, 0.15) is 25.8 Å². The second kappa shape index (κ2) is 9.73. The Hall–Kier alpha value is -2.15. The summed E-state index contributed by atoms with van der Waals surface area (Å²) >= 11 is 0. The lowest BCUT2D eigenvalue weighted by atomic mass is 10.2. The highest BCUT2D eigenvalue weighted by molar-refractivity contribution is 5.80. The van der Waals surface area contributed by atoms with Gasteiger partial charge in [0.25, 0.3) is 5.69 Å². The van der Waals surface area contributed by atoms with Crippen LogP contribution in [0.4, 0.5) is 5.69 Å². The molecule has 2 N–H and O–H groups in total. The second-order valence-electron chi connectivity index (χ2n) is 4.96. The average Bonchev–Trinajstić information content (AvgIpc) is 2.52. The van der Waals surface area contributed by atoms with Crippen molar-refractivity contribution in [3.05, 3.63) is 39.9 Å². The SMILES string of the molecule is CCC(C)NC(=NCc1ccc([N+](=O)[O-])cc1)NCCOC. The monoisotopic (exact) mass is 308 g/mol. The number of ether oxygens (including phenoxy) is 1. The lowest BCUT2D eigenvalue weighted by Crippen LogP contribution is -2.43. The summed E-state index contributed by atoms with van der Waals surface area (Å²) in [6.45, 7) is 5.90. The van der Waals surface area contributed by atoms with Crippen LogP contribution in [0.3, 0.4) is 0 Å². The first-order valence-corrected chi connectivity index (χ1v) is 7.34. The van der Waals surface area contributed by atoms with Crippen molar-refractivity contribution in [2.24, 2.45) is 4.99 Å². The van der Waals surface area contributed by atoms with Crippen molar-refractivity contribution >= 4 is 11.6 Å². The maximum absolute atomic E-state index is 10.6. The highest BCUT2D eigenvalue weighted by Gasteiger charge is 2.05. The number of rotatable bonds is 8. The van der Waals surface area contributed by atoms with Crippen molar-refractivity contribution in [1.29, 1.82) is 0 Å². The average molecular weight is 308 g/mol. The van der Waals surface area contributed by atoms with Gasteiger partial charge in [-0.3, -0.25) is 10.1 Å². The van der Waals surface area contributed by atoms with Crippen molar-refractivity contribution in [1.82, 2.24) is 10.6 Å². The van der Waals surface area contributed by atoms with Crippen molar-refractivity contribution in [3.8, 4) is 0 Å². The van der Waals surface area contributed by atoms with Gasteiger partial charge in [0.2, 0.25) is 0 Å². The Labute approximate surface area is 130 Å². The summed E-state index contributed by atoms with van der Waals surface area (Å²) in [5.41, 5.74) is 1.01. The number of nitrogens with one attached hydrogen (secondary N) is 2. The molecule has 0 amide bonds. The number of aliphatic imine (C=N–C) groups is 1. The molecule has 0 heterocycles. The van der Waals surface area contributed by atoms with Gasteiger partial charge < -0.3 is 15.4 Å². The molecule has 0 bridgehead atoms. The number of nitro benzene ring substituents is 1. The Morgan fingerprint density at radius 3 is 2.64 bits per heavy atom. The van der Waals surface area contributed by atoms with E-state index in [1.807, 2.05) is 0 Å². The molecule has 0 saturated heterocycles. The molecular formula is C15H24N4O3. The highest BCUT2D eigenvalue weighted by atomic mass is 16.6. The van der Waals surface area contributed by atoms with Crippen LogP contribution < -0.4 is 10.6 Å². The molecule has 0 fully saturated rings. The molecule has 1 unspecified atom stereocenters. The molecule has 0 aliphatic rings. The van der Waals surface area contributed by atoms with E-state index in [4.69, 9.17) is 4.74 Å². The van der Waals surface area contributed by atoms with Crippen molar-refractivity contribution in [3.63, 3.8) is 0 Å². The first-order chi connectivity index (χ1) is 10.6. The van der Waals surface area contributed by atoms with Crippen LogP contribution in [-0.4, -0.2) is 37.2 Å². The van der Waals surface area contributed by atoms with E-state index in [-0.39, 0.29) is 5.69 Å². The maximum Gasteiger partial charge on any atom is 0.269 e. The molecular weight excluding hydrogens is 284 g/mol. The Balaban J connectivity index is 2.67. The third kappa shape index (κ3) is 6.53. The van der Waals surface area contributed by atoms with E-state index >= 15 is 0 Å². The van der Waals surface area contributed by atoms with E-state index in [1.165, 1.54) is 12.1 Å². The number of nitrogens with zero attached hydrogens (tertiary/aromatic N) is 2. The molecule has 1 rings (SSSR count). The van der Waals surface area contributed by atoms with Gasteiger partial charge in [-0.05, 0) is 18.9 Å². The van der Waals surface area contributed by atoms with Crippen LogP contribution in [0.2, 0.25) is 0 Å². The van der Waals surface area contributed by atoms with Gasteiger partial charge in [0.1, 0.15) is 0 Å². The number of hydrogen-bond acceptors (Lipinski definition) is 4. The van der Waals surface area contributed by atoms with E-state index < -0.39 is 4.92 Å². The molecule has 1 atom stereocenters. The Morgan fingerprint density at radius 2 is 2.09 bits per heavy atom. The van der Waals surface area contributed by atoms with E-state index in [0.717, 1.165) is 12.0 Å². The van der Waals surface area contributed by atoms with Crippen molar-refractivity contribution in [2.45, 2.75) is 32.9 Å². The molecule has 0 aliphatic carbocycles. The summed E-state index contributed by atoms with van der Waals surface area (Å²) in [5.74, 6) is 0.713. The smallest absolute Gasteiger partial charge is 0.269 e. The zero-order chi connectivity index (χ0) is 16.4. The quantitative estimate of drug-likeness (QED) is 0.252. The molecule has 22 heavy (non-hydrogen) atoms. The molecule has 0 radical (unpaired) electrons. The minimum atomic E-state index is -0.407. The van der Waals surface area contributed by atoms with E-state index in [9.17, 15) is 10.1 Å². The molecule has 122 valence electrons. The van der Waals surface area contributed by atoms with Crippen LogP contribution in [0.25, 0.3) is 0 Å². The molecule has 0 aromatic heterocycles. The van der Waals surface area contributed by atoms with Gasteiger partial charge in [-0.1, -0.05) is 19.1 Å². The summed E-state index contributed by atoms with van der Waals surface area (Å²) in [6, 6.07) is 6.73. The Bertz CT molecular complexity index is 488. The minimum absolute atomic E-state index is 0.0869. The van der Waals surface area contributed by atoms with Crippen molar-refractivity contribution in [2.75, 3.05) is 20.3 Å². The summed E-state index contributed by atoms with van der Waals surface area (Å²) in [6.07, 6.45) is 0.989. The zero-order valence-corrected chi connectivity index (χ0v) is 13.3. The summed E-state index contributed by atoms with van der Waals surface area (Å²) in [7, 11) is 1.65. The van der Waals surface area contributed by atoms with Gasteiger partial charge in [0.15, 0.2) is 5.96 Å². The lowest BCUT2D eigenvalue weighted by Gasteiger charge is -2.16. The molecule has 0 saturated carbocycles. The molecule has 1 aromatic rings. The number of hydrogen-bond donors (Lipinski definition) is 2. The van der Waals surface area contributed by atoms with Crippen LogP contribution in [-0.2, 0) is 11.3 Å². The third-order valence-electron chi connectivity index (χ3n) is 3.16. The van der Waals surface area contributed by atoms with Gasteiger partial charge in [-0.2, -0.15) is 0 Å². The van der Waals surface area contributed by atoms with Crippen molar-refractivity contribution < 1.29 is 9.66 Å². The standard InChI is InChI=1S/C15H24N4O3/c1-4-12(2)18-15(16-9-10-22-3)17-11-13-5-7-14(8-6-13)19(20)21/h5-8,12H,4,9-11H2,1-3H3,(H2,16,17,18). The van der Waals surface area contributed by atoms with Crippen LogP contribution >= 0.6 is 0 Å². The largest absolute Gasteiger partial charge is 0.383 e. The van der Waals surface area contributed by atoms with E-state index in [0.29, 0.717) is 31.7 Å². The maximum atomic E-state index is 10.6. The fourth-order valence-electron chi connectivity index (χ4n) is 1.65. The summed E-state index contributed by atoms with van der Waals surface area (Å²) in [4.78, 5) is 14.7. The van der Waals surface area contributed by atoms with Gasteiger partial charge in [-0.25, -0.2) is 4.99 Å². The normalized spacial score (nSPS) is 12.8. The highest BCUT2D eigenvalue weighted by Crippen LogP contribution is 2.12. The molecule has 7 nitrogen and oxygen atoms in total. The van der Waals surface area contributed by atoms with Gasteiger partial charge in [0, 0.05) is 31.8 Å². The fraction of sp³-hybridized carbons (Fsp3) is 0.533. The molecule has 0 aliphatic heterocycles. The first kappa shape index (κ1) is 17.9. The predicted molar refractivity (Wildman–Crippen MR) is 87.0 cm³/mol.